The Bertz CT molecular complexity index is 2370. The van der Waals surface area contributed by atoms with Crippen LogP contribution in [-0.4, -0.2) is 96.7 Å². The van der Waals surface area contributed by atoms with Gasteiger partial charge in [0.2, 0.25) is 0 Å². The summed E-state index contributed by atoms with van der Waals surface area (Å²) in [5, 5.41) is 10.6. The van der Waals surface area contributed by atoms with Gasteiger partial charge in [0.15, 0.2) is 12.2 Å². The third-order valence-electron chi connectivity index (χ3n) is 15.9. The Kier molecular flexibility index (Phi) is 69.5. The molecule has 0 heterocycles. The molecule has 0 aromatic carbocycles. The van der Waals surface area contributed by atoms with E-state index in [1.807, 2.05) is 0 Å². The van der Waals surface area contributed by atoms with Crippen molar-refractivity contribution < 1.29 is 80.2 Å². The molecule has 5 unspecified atom stereocenters. The fraction of sp³-hybridized carbons (Fsp3) is 0.704. The SMILES string of the molecule is CC/C=C\C/C=C\C/C=C\C/C=C\CCCCCCC(=O)OCC(COP(=O)(O)OCC(O)COP(=O)(O)OCC(COC(=O)CCCCCCCCC/C=C\C/C=C\C/C=C\CC)OC(=O)CCCCCCC/C=C\C/C=C\CCCCC)OC(=O)CCCCCCC/C=C\CCCC. The number of carbonyl (C=O) groups excluding carboxylic acids is 4. The van der Waals surface area contributed by atoms with Gasteiger partial charge < -0.3 is 33.8 Å². The minimum atomic E-state index is -4.98. The van der Waals surface area contributed by atoms with Crippen molar-refractivity contribution in [3.05, 3.63) is 122 Å². The number of aliphatic hydroxyl groups is 1. The van der Waals surface area contributed by atoms with Crippen LogP contribution in [0.3, 0.4) is 0 Å². The van der Waals surface area contributed by atoms with Crippen molar-refractivity contribution in [2.45, 2.75) is 329 Å². The lowest BCUT2D eigenvalue weighted by atomic mass is 10.1. The van der Waals surface area contributed by atoms with Crippen molar-refractivity contribution in [1.29, 1.82) is 0 Å². The van der Waals surface area contributed by atoms with Crippen molar-refractivity contribution in [2.75, 3.05) is 39.6 Å². The van der Waals surface area contributed by atoms with Crippen LogP contribution >= 0.6 is 15.6 Å². The van der Waals surface area contributed by atoms with Crippen LogP contribution in [0.1, 0.15) is 310 Å². The number of esters is 4. The molecule has 17 nitrogen and oxygen atoms in total. The third-order valence-corrected chi connectivity index (χ3v) is 17.8. The van der Waals surface area contributed by atoms with Gasteiger partial charge in [-0.2, -0.15) is 0 Å². The second-order valence-electron chi connectivity index (χ2n) is 25.5. The average Bonchev–Trinajstić information content (AvgIpc) is 0.989. The molecule has 0 amide bonds. The maximum absolute atomic E-state index is 13.1. The van der Waals surface area contributed by atoms with Gasteiger partial charge in [0.25, 0.3) is 0 Å². The lowest BCUT2D eigenvalue weighted by Gasteiger charge is -2.21. The number of allylic oxidation sites excluding steroid dienone is 20. The first kappa shape index (κ1) is 95.5. The summed E-state index contributed by atoms with van der Waals surface area (Å²) < 4.78 is 68.5. The molecule has 0 saturated heterocycles. The summed E-state index contributed by atoms with van der Waals surface area (Å²) in [6, 6.07) is 0. The second-order valence-corrected chi connectivity index (χ2v) is 28.4. The number of carbonyl (C=O) groups is 4. The molecule has 0 spiro atoms. The molecule has 0 rings (SSSR count). The van der Waals surface area contributed by atoms with E-state index in [9.17, 15) is 43.2 Å². The van der Waals surface area contributed by atoms with Gasteiger partial charge in [0, 0.05) is 25.7 Å². The minimum Gasteiger partial charge on any atom is -0.462 e. The van der Waals surface area contributed by atoms with Crippen LogP contribution < -0.4 is 0 Å². The summed E-state index contributed by atoms with van der Waals surface area (Å²) in [6.07, 6.45) is 79.0. The molecular formula is C81H138O17P2. The number of phosphoric ester groups is 2. The Morgan fingerprint density at radius 2 is 0.530 bits per heavy atom. The fourth-order valence-electron chi connectivity index (χ4n) is 10.0. The smallest absolute Gasteiger partial charge is 0.462 e. The molecule has 100 heavy (non-hydrogen) atoms. The topological polar surface area (TPSA) is 237 Å². The zero-order valence-electron chi connectivity index (χ0n) is 62.6. The number of rotatable bonds is 72. The first-order valence-electron chi connectivity index (χ1n) is 38.8. The summed E-state index contributed by atoms with van der Waals surface area (Å²) >= 11 is 0. The zero-order valence-corrected chi connectivity index (χ0v) is 64.4. The van der Waals surface area contributed by atoms with Crippen LogP contribution in [-0.2, 0) is 65.4 Å². The monoisotopic (exact) mass is 1440 g/mol. The molecule has 0 aliphatic carbocycles. The quantitative estimate of drug-likeness (QED) is 0.0169. The average molecular weight is 1450 g/mol. The minimum absolute atomic E-state index is 0.0746. The molecule has 0 aromatic rings. The van der Waals surface area contributed by atoms with Crippen LogP contribution in [0, 0.1) is 0 Å². The van der Waals surface area contributed by atoms with E-state index >= 15 is 0 Å². The van der Waals surface area contributed by atoms with Gasteiger partial charge in [-0.25, -0.2) is 9.13 Å². The lowest BCUT2D eigenvalue weighted by Crippen LogP contribution is -2.30. The Hall–Kier alpha value is -4.54. The normalized spacial score (nSPS) is 14.6. The van der Waals surface area contributed by atoms with E-state index in [2.05, 4.69) is 149 Å². The van der Waals surface area contributed by atoms with Crippen LogP contribution in [0.15, 0.2) is 122 Å². The first-order valence-corrected chi connectivity index (χ1v) is 41.8. The van der Waals surface area contributed by atoms with Crippen molar-refractivity contribution >= 4 is 39.5 Å². The van der Waals surface area contributed by atoms with E-state index in [0.29, 0.717) is 25.7 Å². The van der Waals surface area contributed by atoms with Gasteiger partial charge in [-0.15, -0.1) is 0 Å². The highest BCUT2D eigenvalue weighted by atomic mass is 31.2. The predicted molar refractivity (Wildman–Crippen MR) is 408 cm³/mol. The Balaban J connectivity index is 5.36. The van der Waals surface area contributed by atoms with Crippen LogP contribution in [0.4, 0.5) is 0 Å². The van der Waals surface area contributed by atoms with E-state index in [4.69, 9.17) is 37.0 Å². The van der Waals surface area contributed by atoms with Crippen molar-refractivity contribution in [1.82, 2.24) is 0 Å². The summed E-state index contributed by atoms with van der Waals surface area (Å²) in [5.74, 6) is -2.23. The van der Waals surface area contributed by atoms with Crippen molar-refractivity contribution in [3.8, 4) is 0 Å². The molecule has 0 fully saturated rings. The van der Waals surface area contributed by atoms with Crippen LogP contribution in [0.2, 0.25) is 0 Å². The molecule has 5 atom stereocenters. The number of phosphoric acid groups is 2. The second kappa shape index (κ2) is 72.8. The molecule has 0 aromatic heterocycles. The molecule has 574 valence electrons. The predicted octanol–water partition coefficient (Wildman–Crippen LogP) is 22.3. The highest BCUT2D eigenvalue weighted by Gasteiger charge is 2.30. The molecule has 0 aliphatic heterocycles. The largest absolute Gasteiger partial charge is 0.472 e. The molecular weight excluding hydrogens is 1310 g/mol. The number of unbranched alkanes of at least 4 members (excludes halogenated alkanes) is 26. The summed E-state index contributed by atoms with van der Waals surface area (Å²) in [4.78, 5) is 72.9. The van der Waals surface area contributed by atoms with Gasteiger partial charge in [0.05, 0.1) is 26.4 Å². The number of hydrogen-bond acceptors (Lipinski definition) is 15. The lowest BCUT2D eigenvalue weighted by molar-refractivity contribution is -0.161. The summed E-state index contributed by atoms with van der Waals surface area (Å²) in [6.45, 7) is 4.53. The Morgan fingerprint density at radius 1 is 0.290 bits per heavy atom. The third kappa shape index (κ3) is 71.8. The highest BCUT2D eigenvalue weighted by Crippen LogP contribution is 2.45. The molecule has 3 N–H and O–H groups in total. The van der Waals surface area contributed by atoms with E-state index in [1.54, 1.807) is 0 Å². The number of aliphatic hydroxyl groups excluding tert-OH is 1. The number of ether oxygens (including phenoxy) is 4. The van der Waals surface area contributed by atoms with Gasteiger partial charge in [-0.3, -0.25) is 37.3 Å². The Morgan fingerprint density at radius 3 is 0.840 bits per heavy atom. The maximum Gasteiger partial charge on any atom is 0.472 e. The zero-order chi connectivity index (χ0) is 73.2. The van der Waals surface area contributed by atoms with Crippen molar-refractivity contribution in [2.24, 2.45) is 0 Å². The standard InChI is InChI=1S/C81H138O17P2/c1-5-9-13-17-21-25-29-32-35-37-40-42-46-49-53-57-61-65-78(83)91-71-76(97-80(85)67-63-59-55-51-45-28-24-20-16-12-8-4)73-95-99(87,88)93-69-75(82)70-94-100(89,90)96-74-77(98-81(86)68-64-60-56-52-48-44-39-34-31-27-23-19-15-11-7-3)72-92-79(84)66-62-58-54-50-47-43-41-38-36-33-30-26-22-18-14-10-6-2/h9-10,13-14,20-27,32-36,39-40,42,75-77,82H,5-8,11-12,15-19,28-31,37-38,41,43-74H2,1-4H3,(H,87,88)(H,89,90)/b13-9-,14-10-,24-20-,25-21-,26-22-,27-23-,35-32-,36-33-,39-34-,42-40-. The van der Waals surface area contributed by atoms with Gasteiger partial charge in [0.1, 0.15) is 19.3 Å². The van der Waals surface area contributed by atoms with E-state index in [0.717, 1.165) is 199 Å². The molecule has 0 bridgehead atoms. The number of hydrogen-bond donors (Lipinski definition) is 3. The van der Waals surface area contributed by atoms with Crippen molar-refractivity contribution in [3.63, 3.8) is 0 Å². The van der Waals surface area contributed by atoms with Gasteiger partial charge >= 0.3 is 39.5 Å². The van der Waals surface area contributed by atoms with Crippen LogP contribution in [0.25, 0.3) is 0 Å². The van der Waals surface area contributed by atoms with E-state index in [1.165, 1.54) is 32.1 Å². The maximum atomic E-state index is 13.1. The molecule has 0 radical (unpaired) electrons. The fourth-order valence-corrected chi connectivity index (χ4v) is 11.6. The molecule has 0 saturated carbocycles. The summed E-state index contributed by atoms with van der Waals surface area (Å²) in [5.41, 5.74) is 0. The Labute approximate surface area is 606 Å². The van der Waals surface area contributed by atoms with Crippen LogP contribution in [0.5, 0.6) is 0 Å². The van der Waals surface area contributed by atoms with Gasteiger partial charge in [-0.1, -0.05) is 258 Å². The first-order chi connectivity index (χ1) is 48.7. The molecule has 0 aliphatic rings. The summed E-state index contributed by atoms with van der Waals surface area (Å²) in [7, 11) is -9.97. The highest BCUT2D eigenvalue weighted by molar-refractivity contribution is 7.47. The molecule has 19 heteroatoms. The van der Waals surface area contributed by atoms with E-state index in [-0.39, 0.29) is 25.7 Å². The van der Waals surface area contributed by atoms with E-state index < -0.39 is 97.5 Å². The van der Waals surface area contributed by atoms with Gasteiger partial charge in [-0.05, 0) is 148 Å².